The van der Waals surface area contributed by atoms with Gasteiger partial charge in [-0.15, -0.1) is 23.7 Å². The molecule has 0 unspecified atom stereocenters. The average molecular weight is 371 g/mol. The number of guanidine groups is 1. The first-order valence-corrected chi connectivity index (χ1v) is 8.78. The van der Waals surface area contributed by atoms with Gasteiger partial charge < -0.3 is 16.8 Å². The van der Waals surface area contributed by atoms with Gasteiger partial charge in [-0.2, -0.15) is 0 Å². The van der Waals surface area contributed by atoms with Gasteiger partial charge in [0, 0.05) is 18.1 Å². The van der Waals surface area contributed by atoms with Gasteiger partial charge in [-0.05, 0) is 12.8 Å². The summed E-state index contributed by atoms with van der Waals surface area (Å²) in [5.74, 6) is -0.505. The van der Waals surface area contributed by atoms with Gasteiger partial charge in [0.25, 0.3) is 0 Å². The fourth-order valence-corrected chi connectivity index (χ4v) is 2.32. The molecule has 0 aliphatic carbocycles. The van der Waals surface area contributed by atoms with Crippen molar-refractivity contribution in [3.8, 4) is 0 Å². The topological polar surface area (TPSA) is 153 Å². The highest BCUT2D eigenvalue weighted by Gasteiger charge is 2.14. The highest BCUT2D eigenvalue weighted by atomic mass is 35.5. The molecule has 1 amide bonds. The molecular formula is C10H19ClN6O3S2. The number of hydrogen-bond acceptors (Lipinski definition) is 7. The first kappa shape index (κ1) is 20.6. The van der Waals surface area contributed by atoms with E-state index in [1.54, 1.807) is 11.6 Å². The lowest BCUT2D eigenvalue weighted by molar-refractivity contribution is -0.117. The minimum absolute atomic E-state index is 0. The minimum Gasteiger partial charge on any atom is -0.369 e. The third-order valence-electron chi connectivity index (χ3n) is 2.24. The van der Waals surface area contributed by atoms with Crippen LogP contribution < -0.4 is 21.5 Å². The Kier molecular flexibility index (Phi) is 8.94. The molecule has 0 saturated carbocycles. The van der Waals surface area contributed by atoms with E-state index in [4.69, 9.17) is 11.5 Å². The molecule has 1 aromatic rings. The molecule has 1 rings (SSSR count). The van der Waals surface area contributed by atoms with E-state index in [0.717, 1.165) is 6.26 Å². The van der Waals surface area contributed by atoms with Crippen molar-refractivity contribution in [1.82, 2.24) is 9.71 Å². The third kappa shape index (κ3) is 8.77. The van der Waals surface area contributed by atoms with Crippen LogP contribution in [0.2, 0.25) is 0 Å². The number of hydrogen-bond donors (Lipinski definition) is 4. The van der Waals surface area contributed by atoms with Gasteiger partial charge in [0.15, 0.2) is 5.13 Å². The smallest absolute Gasteiger partial charge is 0.243 e. The number of nitrogens with one attached hydrogen (secondary N) is 2. The van der Waals surface area contributed by atoms with Gasteiger partial charge in [-0.3, -0.25) is 14.5 Å². The highest BCUT2D eigenvalue weighted by Crippen LogP contribution is 2.10. The van der Waals surface area contributed by atoms with Crippen LogP contribution in [0.4, 0.5) is 5.13 Å². The van der Waals surface area contributed by atoms with Crippen molar-refractivity contribution in [3.05, 3.63) is 11.6 Å². The first-order chi connectivity index (χ1) is 9.78. The van der Waals surface area contributed by atoms with Crippen LogP contribution in [0.3, 0.4) is 0 Å². The van der Waals surface area contributed by atoms with Crippen LogP contribution in [-0.2, 0) is 14.8 Å². The van der Waals surface area contributed by atoms with Crippen molar-refractivity contribution in [3.63, 3.8) is 0 Å². The Morgan fingerprint density at radius 3 is 2.77 bits per heavy atom. The summed E-state index contributed by atoms with van der Waals surface area (Å²) in [6.45, 7) is 0.270. The second-order valence-corrected chi connectivity index (χ2v) is 6.86. The van der Waals surface area contributed by atoms with Crippen molar-refractivity contribution in [2.24, 2.45) is 16.5 Å². The van der Waals surface area contributed by atoms with Crippen LogP contribution in [0, 0.1) is 0 Å². The summed E-state index contributed by atoms with van der Waals surface area (Å²) in [5.41, 5.74) is 11.1. The molecule has 0 aliphatic heterocycles. The number of nitrogens with zero attached hydrogens (tertiary/aromatic N) is 2. The van der Waals surface area contributed by atoms with Gasteiger partial charge in [0.1, 0.15) is 0 Å². The second-order valence-electron chi connectivity index (χ2n) is 4.22. The maximum Gasteiger partial charge on any atom is 0.243 e. The van der Waals surface area contributed by atoms with E-state index in [-0.39, 0.29) is 30.8 Å². The molecule has 0 spiro atoms. The summed E-state index contributed by atoms with van der Waals surface area (Å²) in [6, 6.07) is -0.687. The highest BCUT2D eigenvalue weighted by molar-refractivity contribution is 7.89. The van der Waals surface area contributed by atoms with Gasteiger partial charge in [-0.25, -0.2) is 13.4 Å². The Balaban J connectivity index is 0.00000441. The molecule has 22 heavy (non-hydrogen) atoms. The number of aromatic nitrogens is 1. The normalized spacial score (nSPS) is 13.1. The van der Waals surface area contributed by atoms with Crippen LogP contribution in [-0.4, -0.2) is 44.1 Å². The summed E-state index contributed by atoms with van der Waals surface area (Å²) < 4.78 is 23.8. The number of carbonyl (C=O) groups is 1. The first-order valence-electron chi connectivity index (χ1n) is 6.01. The number of thiazole rings is 1. The van der Waals surface area contributed by atoms with Crippen molar-refractivity contribution in [2.75, 3.05) is 18.1 Å². The predicted molar refractivity (Wildman–Crippen MR) is 89.7 cm³/mol. The molecule has 0 fully saturated rings. The third-order valence-corrected chi connectivity index (χ3v) is 3.51. The number of anilines is 1. The average Bonchev–Trinajstić information content (AvgIpc) is 2.84. The van der Waals surface area contributed by atoms with Crippen molar-refractivity contribution >= 4 is 50.8 Å². The Labute approximate surface area is 139 Å². The number of carbonyl (C=O) groups excluding carboxylic acids is 1. The van der Waals surface area contributed by atoms with Gasteiger partial charge >= 0.3 is 0 Å². The Bertz CT molecular complexity index is 590. The maximum atomic E-state index is 11.7. The largest absolute Gasteiger partial charge is 0.369 e. The summed E-state index contributed by atoms with van der Waals surface area (Å²) in [4.78, 5) is 19.4. The van der Waals surface area contributed by atoms with Crippen LogP contribution in [0.15, 0.2) is 16.6 Å². The zero-order valence-corrected chi connectivity index (χ0v) is 14.3. The van der Waals surface area contributed by atoms with E-state index in [2.05, 4.69) is 15.3 Å². The summed E-state index contributed by atoms with van der Waals surface area (Å²) in [6.07, 6.45) is 3.46. The predicted octanol–water partition coefficient (Wildman–Crippen LogP) is -0.525. The molecular weight excluding hydrogens is 352 g/mol. The van der Waals surface area contributed by atoms with E-state index in [1.807, 2.05) is 4.72 Å². The fraction of sp³-hybridized carbons (Fsp3) is 0.500. The molecule has 1 heterocycles. The van der Waals surface area contributed by atoms with E-state index in [1.165, 1.54) is 11.3 Å². The molecule has 1 atom stereocenters. The summed E-state index contributed by atoms with van der Waals surface area (Å²) >= 11 is 1.30. The van der Waals surface area contributed by atoms with Crippen molar-refractivity contribution in [1.29, 1.82) is 0 Å². The lowest BCUT2D eigenvalue weighted by Crippen LogP contribution is -2.37. The van der Waals surface area contributed by atoms with Crippen molar-refractivity contribution < 1.29 is 13.2 Å². The van der Waals surface area contributed by atoms with Gasteiger partial charge in [0.2, 0.25) is 21.9 Å². The monoisotopic (exact) mass is 370 g/mol. The van der Waals surface area contributed by atoms with E-state index >= 15 is 0 Å². The molecule has 0 aromatic carbocycles. The number of sulfonamides is 1. The number of halogens is 1. The van der Waals surface area contributed by atoms with E-state index in [9.17, 15) is 13.2 Å². The van der Waals surface area contributed by atoms with Crippen LogP contribution in [0.25, 0.3) is 0 Å². The van der Waals surface area contributed by atoms with Crippen LogP contribution in [0.5, 0.6) is 0 Å². The molecule has 0 bridgehead atoms. The minimum atomic E-state index is -3.42. The Morgan fingerprint density at radius 2 is 2.23 bits per heavy atom. The lowest BCUT2D eigenvalue weighted by Gasteiger charge is -2.09. The van der Waals surface area contributed by atoms with Crippen LogP contribution in [0.1, 0.15) is 12.8 Å². The molecule has 9 nitrogen and oxygen atoms in total. The van der Waals surface area contributed by atoms with Crippen molar-refractivity contribution in [2.45, 2.75) is 18.9 Å². The lowest BCUT2D eigenvalue weighted by atomic mass is 10.1. The van der Waals surface area contributed by atoms with Gasteiger partial charge in [0.05, 0.1) is 12.3 Å². The molecule has 1 aromatic heterocycles. The molecule has 12 heteroatoms. The summed E-state index contributed by atoms with van der Waals surface area (Å²) in [5, 5.41) is 4.83. The zero-order valence-electron chi connectivity index (χ0n) is 11.9. The second kappa shape index (κ2) is 9.56. The maximum absolute atomic E-state index is 11.7. The Hall–Kier alpha value is -1.43. The van der Waals surface area contributed by atoms with Crippen LogP contribution >= 0.6 is 23.7 Å². The number of aliphatic imine (C=N–C) groups is 1. The van der Waals surface area contributed by atoms with E-state index < -0.39 is 16.1 Å². The molecule has 0 radical (unpaired) electrons. The quantitative estimate of drug-likeness (QED) is 0.287. The number of rotatable bonds is 7. The zero-order chi connectivity index (χ0) is 15.9. The number of nitrogens with two attached hydrogens (primary N) is 2. The fourth-order valence-electron chi connectivity index (χ4n) is 1.35. The molecule has 126 valence electrons. The molecule has 0 aliphatic rings. The van der Waals surface area contributed by atoms with Gasteiger partial charge in [-0.1, -0.05) is 0 Å². The molecule has 0 saturated heterocycles. The standard InChI is InChI=1S/C10H18N6O3S2.ClH/c1-21(18,19)16-9(12)13-4-2-3-7(11)8(17)15-10-14-5-6-20-10;/h5-7H,2-4,11H2,1H3,(H3,12,13,16)(H,14,15,17);1H/t7-;/m0./s1. The SMILES string of the molecule is CS(=O)(=O)NC(N)=NCCC[C@H](N)C(=O)Nc1nccs1.Cl. The Morgan fingerprint density at radius 1 is 1.55 bits per heavy atom. The summed E-state index contributed by atoms with van der Waals surface area (Å²) in [7, 11) is -3.42. The molecule has 6 N–H and O–H groups in total. The number of amides is 1. The van der Waals surface area contributed by atoms with E-state index in [0.29, 0.717) is 18.0 Å².